The zero-order valence-corrected chi connectivity index (χ0v) is 6.97. The first-order valence-corrected chi connectivity index (χ1v) is 4.61. The summed E-state index contributed by atoms with van der Waals surface area (Å²) in [4.78, 5) is 5.43. The molecule has 11 heavy (non-hydrogen) atoms. The number of thiophene rings is 1. The van der Waals surface area contributed by atoms with E-state index in [-0.39, 0.29) is 0 Å². The summed E-state index contributed by atoms with van der Waals surface area (Å²) in [6.45, 7) is 0. The van der Waals surface area contributed by atoms with Gasteiger partial charge in [-0.25, -0.2) is 0 Å². The molecule has 0 amide bonds. The van der Waals surface area contributed by atoms with Crippen LogP contribution >= 0.6 is 11.3 Å². The third kappa shape index (κ3) is 1.60. The molecule has 2 N–H and O–H groups in total. The summed E-state index contributed by atoms with van der Waals surface area (Å²) >= 11 is 1.64. The summed E-state index contributed by atoms with van der Waals surface area (Å²) < 4.78 is 0. The van der Waals surface area contributed by atoms with E-state index in [1.807, 2.05) is 17.5 Å². The standard InChI is InChI=1S/C8H10N2S/c9-8(10-6-3-4-6)7-2-1-5-11-7/h1-2,5-6H,3-4H2,(H2,9,10). The average Bonchev–Trinajstić information content (AvgIpc) is 2.67. The van der Waals surface area contributed by atoms with Crippen molar-refractivity contribution in [2.45, 2.75) is 18.9 Å². The van der Waals surface area contributed by atoms with Gasteiger partial charge in [-0.1, -0.05) is 6.07 Å². The van der Waals surface area contributed by atoms with Crippen molar-refractivity contribution in [2.75, 3.05) is 0 Å². The Balaban J connectivity index is 2.15. The highest BCUT2D eigenvalue weighted by Gasteiger charge is 2.20. The van der Waals surface area contributed by atoms with E-state index >= 15 is 0 Å². The highest BCUT2D eigenvalue weighted by molar-refractivity contribution is 7.12. The molecular formula is C8H10N2S. The number of nitrogens with zero attached hydrogens (tertiary/aromatic N) is 1. The first-order chi connectivity index (χ1) is 5.36. The molecule has 0 aliphatic heterocycles. The van der Waals surface area contributed by atoms with Gasteiger partial charge in [-0.05, 0) is 24.3 Å². The van der Waals surface area contributed by atoms with Gasteiger partial charge in [-0.2, -0.15) is 0 Å². The van der Waals surface area contributed by atoms with Crippen molar-refractivity contribution >= 4 is 17.2 Å². The van der Waals surface area contributed by atoms with Gasteiger partial charge in [-0.15, -0.1) is 11.3 Å². The van der Waals surface area contributed by atoms with Crippen LogP contribution in [-0.2, 0) is 0 Å². The minimum absolute atomic E-state index is 0.525. The van der Waals surface area contributed by atoms with Crippen LogP contribution in [0.3, 0.4) is 0 Å². The fraction of sp³-hybridized carbons (Fsp3) is 0.375. The summed E-state index contributed by atoms with van der Waals surface area (Å²) in [5.41, 5.74) is 5.74. The Hall–Kier alpha value is -0.830. The number of rotatable bonds is 2. The van der Waals surface area contributed by atoms with Crippen LogP contribution in [0.1, 0.15) is 17.7 Å². The number of aliphatic imine (C=N–C) groups is 1. The molecule has 1 fully saturated rings. The van der Waals surface area contributed by atoms with Crippen LogP contribution in [0.25, 0.3) is 0 Å². The largest absolute Gasteiger partial charge is 0.383 e. The second-order valence-corrected chi connectivity index (χ2v) is 3.67. The predicted octanol–water partition coefficient (Wildman–Crippen LogP) is 1.62. The highest BCUT2D eigenvalue weighted by Crippen LogP contribution is 2.24. The molecule has 58 valence electrons. The lowest BCUT2D eigenvalue weighted by molar-refractivity contribution is 1.06. The Kier molecular flexibility index (Phi) is 1.66. The highest BCUT2D eigenvalue weighted by atomic mass is 32.1. The zero-order valence-electron chi connectivity index (χ0n) is 6.16. The monoisotopic (exact) mass is 166 g/mol. The number of amidine groups is 1. The van der Waals surface area contributed by atoms with E-state index in [1.54, 1.807) is 11.3 Å². The van der Waals surface area contributed by atoms with E-state index in [4.69, 9.17) is 5.73 Å². The summed E-state index contributed by atoms with van der Waals surface area (Å²) in [6, 6.07) is 4.53. The Labute approximate surface area is 69.8 Å². The van der Waals surface area contributed by atoms with Crippen LogP contribution in [0.2, 0.25) is 0 Å². The van der Waals surface area contributed by atoms with Crippen molar-refractivity contribution in [3.05, 3.63) is 22.4 Å². The predicted molar refractivity (Wildman–Crippen MR) is 48.1 cm³/mol. The Morgan fingerprint density at radius 3 is 3.00 bits per heavy atom. The molecule has 0 bridgehead atoms. The van der Waals surface area contributed by atoms with Gasteiger partial charge in [0.25, 0.3) is 0 Å². The van der Waals surface area contributed by atoms with Crippen LogP contribution in [0.15, 0.2) is 22.5 Å². The second kappa shape index (κ2) is 2.66. The van der Waals surface area contributed by atoms with E-state index in [9.17, 15) is 0 Å². The Bertz CT molecular complexity index is 260. The molecule has 1 aromatic rings. The van der Waals surface area contributed by atoms with E-state index < -0.39 is 0 Å². The third-order valence-corrected chi connectivity index (χ3v) is 2.53. The van der Waals surface area contributed by atoms with Crippen LogP contribution in [0, 0.1) is 0 Å². The summed E-state index contributed by atoms with van der Waals surface area (Å²) in [5, 5.41) is 2.02. The molecule has 0 radical (unpaired) electrons. The maximum Gasteiger partial charge on any atom is 0.136 e. The summed E-state index contributed by atoms with van der Waals surface area (Å²) in [7, 11) is 0. The van der Waals surface area contributed by atoms with Gasteiger partial charge in [0.1, 0.15) is 5.84 Å². The number of nitrogens with two attached hydrogens (primary N) is 1. The van der Waals surface area contributed by atoms with Crippen LogP contribution in [0.5, 0.6) is 0 Å². The van der Waals surface area contributed by atoms with Crippen molar-refractivity contribution in [1.82, 2.24) is 0 Å². The maximum atomic E-state index is 5.74. The fourth-order valence-electron chi connectivity index (χ4n) is 0.888. The molecule has 2 rings (SSSR count). The normalized spacial score (nSPS) is 18.7. The summed E-state index contributed by atoms with van der Waals surface area (Å²) in [5.74, 6) is 0.711. The summed E-state index contributed by atoms with van der Waals surface area (Å²) in [6.07, 6.45) is 2.43. The molecule has 0 spiro atoms. The molecule has 1 aliphatic carbocycles. The van der Waals surface area contributed by atoms with Gasteiger partial charge in [0, 0.05) is 0 Å². The SMILES string of the molecule is NC(=NC1CC1)c1cccs1. The van der Waals surface area contributed by atoms with E-state index in [1.165, 1.54) is 12.8 Å². The average molecular weight is 166 g/mol. The van der Waals surface area contributed by atoms with Crippen molar-refractivity contribution in [3.63, 3.8) is 0 Å². The minimum Gasteiger partial charge on any atom is -0.383 e. The third-order valence-electron chi connectivity index (χ3n) is 1.64. The lowest BCUT2D eigenvalue weighted by Crippen LogP contribution is -2.12. The van der Waals surface area contributed by atoms with Crippen LogP contribution in [0.4, 0.5) is 0 Å². The maximum absolute atomic E-state index is 5.74. The molecule has 3 heteroatoms. The molecular weight excluding hydrogens is 156 g/mol. The lowest BCUT2D eigenvalue weighted by Gasteiger charge is -1.93. The number of hydrogen-bond acceptors (Lipinski definition) is 2. The second-order valence-electron chi connectivity index (χ2n) is 2.72. The van der Waals surface area contributed by atoms with Gasteiger partial charge in [0.15, 0.2) is 0 Å². The van der Waals surface area contributed by atoms with Gasteiger partial charge < -0.3 is 5.73 Å². The molecule has 0 aromatic carbocycles. The van der Waals surface area contributed by atoms with E-state index in [2.05, 4.69) is 4.99 Å². The number of hydrogen-bond donors (Lipinski definition) is 1. The Morgan fingerprint density at radius 2 is 2.45 bits per heavy atom. The molecule has 0 unspecified atom stereocenters. The van der Waals surface area contributed by atoms with Gasteiger partial charge in [0.2, 0.25) is 0 Å². The minimum atomic E-state index is 0.525. The Morgan fingerprint density at radius 1 is 1.64 bits per heavy atom. The quantitative estimate of drug-likeness (QED) is 0.526. The van der Waals surface area contributed by atoms with Crippen molar-refractivity contribution in [1.29, 1.82) is 0 Å². The fourth-order valence-corrected chi connectivity index (χ4v) is 1.52. The molecule has 1 aromatic heterocycles. The van der Waals surface area contributed by atoms with Crippen molar-refractivity contribution in [2.24, 2.45) is 10.7 Å². The van der Waals surface area contributed by atoms with E-state index in [0.29, 0.717) is 11.9 Å². The zero-order chi connectivity index (χ0) is 7.68. The molecule has 1 aliphatic rings. The topological polar surface area (TPSA) is 38.4 Å². The van der Waals surface area contributed by atoms with Crippen LogP contribution < -0.4 is 5.73 Å². The first-order valence-electron chi connectivity index (χ1n) is 3.73. The lowest BCUT2D eigenvalue weighted by atomic mass is 10.4. The van der Waals surface area contributed by atoms with Gasteiger partial charge >= 0.3 is 0 Å². The molecule has 1 heterocycles. The van der Waals surface area contributed by atoms with E-state index in [0.717, 1.165) is 4.88 Å². The molecule has 0 atom stereocenters. The molecule has 1 saturated carbocycles. The first kappa shape index (κ1) is 6.85. The van der Waals surface area contributed by atoms with Crippen molar-refractivity contribution in [3.8, 4) is 0 Å². The van der Waals surface area contributed by atoms with Gasteiger partial charge in [0.05, 0.1) is 10.9 Å². The smallest absolute Gasteiger partial charge is 0.136 e. The van der Waals surface area contributed by atoms with Crippen molar-refractivity contribution < 1.29 is 0 Å². The molecule has 2 nitrogen and oxygen atoms in total. The van der Waals surface area contributed by atoms with Crippen LogP contribution in [-0.4, -0.2) is 11.9 Å². The molecule has 0 saturated heterocycles. The van der Waals surface area contributed by atoms with Gasteiger partial charge in [-0.3, -0.25) is 4.99 Å².